The zero-order chi connectivity index (χ0) is 8.27. The van der Waals surface area contributed by atoms with Gasteiger partial charge in [-0.05, 0) is 6.07 Å². The molecule has 0 aromatic carbocycles. The van der Waals surface area contributed by atoms with Crippen molar-refractivity contribution in [3.8, 4) is 5.88 Å². The number of pyridine rings is 1. The van der Waals surface area contributed by atoms with E-state index in [1.807, 2.05) is 0 Å². The summed E-state index contributed by atoms with van der Waals surface area (Å²) in [6.07, 6.45) is 1.84. The number of carbonyl (C=O) groups is 1. The van der Waals surface area contributed by atoms with Crippen LogP contribution in [-0.4, -0.2) is 15.9 Å². The van der Waals surface area contributed by atoms with Crippen molar-refractivity contribution in [1.82, 2.24) is 4.98 Å². The lowest BCUT2D eigenvalue weighted by Crippen LogP contribution is -1.96. The Morgan fingerprint density at radius 3 is 2.82 bits per heavy atom. The van der Waals surface area contributed by atoms with Crippen LogP contribution in [0.15, 0.2) is 18.3 Å². The number of aromatic nitrogens is 1. The van der Waals surface area contributed by atoms with Gasteiger partial charge in [-0.3, -0.25) is 4.79 Å². The van der Waals surface area contributed by atoms with E-state index in [-0.39, 0.29) is 11.7 Å². The van der Waals surface area contributed by atoms with Gasteiger partial charge >= 0.3 is 0 Å². The van der Waals surface area contributed by atoms with Crippen LogP contribution >= 0.6 is 0 Å². The average molecular weight is 151 g/mol. The van der Waals surface area contributed by atoms with Crippen LogP contribution in [0.1, 0.15) is 23.7 Å². The molecule has 0 aliphatic heterocycles. The second-order valence-electron chi connectivity index (χ2n) is 2.18. The van der Waals surface area contributed by atoms with Crippen molar-refractivity contribution in [2.45, 2.75) is 13.3 Å². The summed E-state index contributed by atoms with van der Waals surface area (Å²) in [5.74, 6) is -0.0184. The topological polar surface area (TPSA) is 50.2 Å². The Balaban J connectivity index is 2.90. The molecule has 0 saturated heterocycles. The summed E-state index contributed by atoms with van der Waals surface area (Å²) in [6.45, 7) is 1.79. The minimum absolute atomic E-state index is 0.0394. The second kappa shape index (κ2) is 3.14. The number of nitrogens with zero attached hydrogens (tertiary/aromatic N) is 1. The van der Waals surface area contributed by atoms with Crippen molar-refractivity contribution in [2.24, 2.45) is 0 Å². The first-order valence-corrected chi connectivity index (χ1v) is 3.42. The molecule has 0 aliphatic rings. The van der Waals surface area contributed by atoms with E-state index in [0.717, 1.165) is 0 Å². The van der Waals surface area contributed by atoms with Gasteiger partial charge in [-0.1, -0.05) is 6.92 Å². The maximum atomic E-state index is 11.0. The van der Waals surface area contributed by atoms with Crippen molar-refractivity contribution >= 4 is 5.78 Å². The van der Waals surface area contributed by atoms with E-state index in [1.54, 1.807) is 13.0 Å². The molecule has 0 unspecified atom stereocenters. The molecule has 1 rings (SSSR count). The molecule has 58 valence electrons. The quantitative estimate of drug-likeness (QED) is 0.649. The Labute approximate surface area is 64.7 Å². The van der Waals surface area contributed by atoms with Crippen molar-refractivity contribution in [1.29, 1.82) is 0 Å². The number of rotatable bonds is 2. The molecule has 0 radical (unpaired) electrons. The predicted octanol–water partition coefficient (Wildman–Crippen LogP) is 1.38. The Kier molecular flexibility index (Phi) is 2.21. The summed E-state index contributed by atoms with van der Waals surface area (Å²) < 4.78 is 0. The molecule has 3 heteroatoms. The number of hydrogen-bond donors (Lipinski definition) is 1. The van der Waals surface area contributed by atoms with E-state index in [2.05, 4.69) is 4.98 Å². The van der Waals surface area contributed by atoms with E-state index in [9.17, 15) is 4.79 Å². The van der Waals surface area contributed by atoms with Crippen molar-refractivity contribution < 1.29 is 9.90 Å². The Morgan fingerprint density at radius 1 is 1.64 bits per heavy atom. The molecular weight excluding hydrogens is 142 g/mol. The number of hydrogen-bond acceptors (Lipinski definition) is 3. The summed E-state index contributed by atoms with van der Waals surface area (Å²) in [5.41, 5.74) is 0.547. The van der Waals surface area contributed by atoms with Crippen LogP contribution < -0.4 is 0 Å². The molecule has 1 aromatic heterocycles. The fraction of sp³-hybridized carbons (Fsp3) is 0.250. The zero-order valence-corrected chi connectivity index (χ0v) is 6.24. The fourth-order valence-corrected chi connectivity index (χ4v) is 0.755. The normalized spacial score (nSPS) is 9.55. The first-order valence-electron chi connectivity index (χ1n) is 3.42. The maximum absolute atomic E-state index is 11.0. The first-order chi connectivity index (χ1) is 5.24. The molecule has 0 aliphatic carbocycles. The third kappa shape index (κ3) is 1.77. The lowest BCUT2D eigenvalue weighted by molar-refractivity contribution is 0.0988. The number of carbonyl (C=O) groups excluding carboxylic acids is 1. The zero-order valence-electron chi connectivity index (χ0n) is 6.24. The van der Waals surface area contributed by atoms with Gasteiger partial charge in [-0.15, -0.1) is 0 Å². The van der Waals surface area contributed by atoms with Crippen LogP contribution in [0, 0.1) is 0 Å². The molecule has 0 saturated carbocycles. The minimum atomic E-state index is -0.0577. The lowest BCUT2D eigenvalue weighted by Gasteiger charge is -1.95. The predicted molar refractivity (Wildman–Crippen MR) is 40.5 cm³/mol. The highest BCUT2D eigenvalue weighted by Gasteiger charge is 2.01. The monoisotopic (exact) mass is 151 g/mol. The first kappa shape index (κ1) is 7.72. The highest BCUT2D eigenvalue weighted by molar-refractivity contribution is 5.95. The van der Waals surface area contributed by atoms with E-state index in [1.165, 1.54) is 12.3 Å². The number of aromatic hydroxyl groups is 1. The molecular formula is C8H9NO2. The molecule has 1 heterocycles. The molecule has 1 aromatic rings. The van der Waals surface area contributed by atoms with Crippen LogP contribution in [0.3, 0.4) is 0 Å². The molecule has 0 atom stereocenters. The van der Waals surface area contributed by atoms with Gasteiger partial charge in [0.25, 0.3) is 0 Å². The third-order valence-corrected chi connectivity index (χ3v) is 1.39. The largest absolute Gasteiger partial charge is 0.493 e. The molecule has 1 N–H and O–H groups in total. The van der Waals surface area contributed by atoms with Gasteiger partial charge in [0, 0.05) is 24.2 Å². The van der Waals surface area contributed by atoms with Gasteiger partial charge in [-0.2, -0.15) is 0 Å². The molecule has 3 nitrogen and oxygen atoms in total. The van der Waals surface area contributed by atoms with Crippen LogP contribution in [0.4, 0.5) is 0 Å². The van der Waals surface area contributed by atoms with Gasteiger partial charge in [0.05, 0.1) is 0 Å². The van der Waals surface area contributed by atoms with E-state index in [4.69, 9.17) is 5.11 Å². The average Bonchev–Trinajstić information content (AvgIpc) is 2.05. The highest BCUT2D eigenvalue weighted by atomic mass is 16.3. The molecule has 0 fully saturated rings. The van der Waals surface area contributed by atoms with Crippen molar-refractivity contribution in [3.63, 3.8) is 0 Å². The van der Waals surface area contributed by atoms with Crippen molar-refractivity contribution in [3.05, 3.63) is 23.9 Å². The minimum Gasteiger partial charge on any atom is -0.493 e. The molecule has 0 spiro atoms. The summed E-state index contributed by atoms with van der Waals surface area (Å²) in [7, 11) is 0. The lowest BCUT2D eigenvalue weighted by atomic mass is 10.1. The molecule has 0 bridgehead atoms. The third-order valence-electron chi connectivity index (χ3n) is 1.39. The summed E-state index contributed by atoms with van der Waals surface area (Å²) in [5, 5.41) is 8.79. The van der Waals surface area contributed by atoms with E-state index >= 15 is 0 Å². The molecule has 0 amide bonds. The Morgan fingerprint density at radius 2 is 2.36 bits per heavy atom. The van der Waals surface area contributed by atoms with Crippen LogP contribution in [-0.2, 0) is 0 Å². The second-order valence-corrected chi connectivity index (χ2v) is 2.18. The van der Waals surface area contributed by atoms with Gasteiger partial charge in [0.2, 0.25) is 5.88 Å². The van der Waals surface area contributed by atoms with Gasteiger partial charge < -0.3 is 5.11 Å². The van der Waals surface area contributed by atoms with Crippen LogP contribution in [0.2, 0.25) is 0 Å². The Hall–Kier alpha value is -1.38. The van der Waals surface area contributed by atoms with E-state index < -0.39 is 0 Å². The number of ketones is 1. The van der Waals surface area contributed by atoms with Gasteiger partial charge in [0.1, 0.15) is 0 Å². The number of Topliss-reactive ketones (excluding diaryl/α,β-unsaturated/α-hetero) is 1. The summed E-state index contributed by atoms with van der Waals surface area (Å²) >= 11 is 0. The SMILES string of the molecule is CCC(=O)c1ccc(O)nc1. The maximum Gasteiger partial charge on any atom is 0.210 e. The van der Waals surface area contributed by atoms with Crippen LogP contribution in [0.5, 0.6) is 5.88 Å². The Bertz CT molecular complexity index is 253. The van der Waals surface area contributed by atoms with Crippen LogP contribution in [0.25, 0.3) is 0 Å². The highest BCUT2D eigenvalue weighted by Crippen LogP contribution is 2.06. The standard InChI is InChI=1S/C8H9NO2/c1-2-7(10)6-3-4-8(11)9-5-6/h3-5H,2H2,1H3,(H,9,11). The summed E-state index contributed by atoms with van der Waals surface area (Å²) in [4.78, 5) is 14.6. The smallest absolute Gasteiger partial charge is 0.210 e. The fourth-order valence-electron chi connectivity index (χ4n) is 0.755. The summed E-state index contributed by atoms with van der Waals surface area (Å²) in [6, 6.07) is 2.97. The van der Waals surface area contributed by atoms with E-state index in [0.29, 0.717) is 12.0 Å². The van der Waals surface area contributed by atoms with Gasteiger partial charge in [0.15, 0.2) is 5.78 Å². The van der Waals surface area contributed by atoms with Gasteiger partial charge in [-0.25, -0.2) is 4.98 Å². The molecule has 11 heavy (non-hydrogen) atoms. The van der Waals surface area contributed by atoms with Crippen molar-refractivity contribution in [2.75, 3.05) is 0 Å².